The van der Waals surface area contributed by atoms with E-state index in [1.165, 1.54) is 0 Å². The molecule has 0 aliphatic carbocycles. The normalized spacial score (nSPS) is 9.85. The van der Waals surface area contributed by atoms with Gasteiger partial charge in [0.15, 0.2) is 0 Å². The lowest BCUT2D eigenvalue weighted by molar-refractivity contribution is 0.392. The fourth-order valence-electron chi connectivity index (χ4n) is 1.16. The van der Waals surface area contributed by atoms with E-state index >= 15 is 0 Å². The van der Waals surface area contributed by atoms with E-state index in [4.69, 9.17) is 15.2 Å². The van der Waals surface area contributed by atoms with Crippen LogP contribution in [0.25, 0.3) is 0 Å². The van der Waals surface area contributed by atoms with Crippen LogP contribution in [0, 0.1) is 6.92 Å². The molecule has 1 aromatic rings. The molecule has 13 heavy (non-hydrogen) atoms. The van der Waals surface area contributed by atoms with Crippen LogP contribution in [-0.4, -0.2) is 14.2 Å². The summed E-state index contributed by atoms with van der Waals surface area (Å²) in [6, 6.07) is 3.66. The van der Waals surface area contributed by atoms with E-state index in [1.807, 2.05) is 6.07 Å². The van der Waals surface area contributed by atoms with E-state index in [2.05, 4.69) is 6.92 Å². The first kappa shape index (κ1) is 9.86. The second-order valence-corrected chi connectivity index (χ2v) is 2.67. The molecule has 0 atom stereocenters. The van der Waals surface area contributed by atoms with Crippen LogP contribution in [0.3, 0.4) is 0 Å². The molecule has 3 heteroatoms. The van der Waals surface area contributed by atoms with Crippen LogP contribution < -0.4 is 15.2 Å². The third-order valence-corrected chi connectivity index (χ3v) is 1.95. The summed E-state index contributed by atoms with van der Waals surface area (Å²) in [7, 11) is 3.21. The third kappa shape index (κ3) is 1.92. The van der Waals surface area contributed by atoms with Gasteiger partial charge in [-0.1, -0.05) is 0 Å². The highest BCUT2D eigenvalue weighted by Crippen LogP contribution is 2.27. The fourth-order valence-corrected chi connectivity index (χ4v) is 1.16. The summed E-state index contributed by atoms with van der Waals surface area (Å²) in [4.78, 5) is 0. The summed E-state index contributed by atoms with van der Waals surface area (Å²) in [5.41, 5.74) is 7.31. The summed E-state index contributed by atoms with van der Waals surface area (Å²) in [5, 5.41) is 0. The maximum atomic E-state index is 5.55. The molecule has 0 unspecified atom stereocenters. The molecule has 0 heterocycles. The van der Waals surface area contributed by atoms with Gasteiger partial charge in [0.05, 0.1) is 14.2 Å². The predicted molar refractivity (Wildman–Crippen MR) is 51.9 cm³/mol. The van der Waals surface area contributed by atoms with Crippen molar-refractivity contribution in [2.45, 2.75) is 6.54 Å². The van der Waals surface area contributed by atoms with Gasteiger partial charge in [0.25, 0.3) is 0 Å². The highest BCUT2D eigenvalue weighted by atomic mass is 16.5. The maximum Gasteiger partial charge on any atom is 0.126 e. The highest BCUT2D eigenvalue weighted by Gasteiger charge is 2.06. The van der Waals surface area contributed by atoms with Crippen molar-refractivity contribution in [3.05, 3.63) is 30.2 Å². The number of rotatable bonds is 3. The first-order chi connectivity index (χ1) is 6.22. The van der Waals surface area contributed by atoms with Crippen molar-refractivity contribution in [3.63, 3.8) is 0 Å². The lowest BCUT2D eigenvalue weighted by atomic mass is 10.1. The van der Waals surface area contributed by atoms with E-state index in [0.717, 1.165) is 16.9 Å². The van der Waals surface area contributed by atoms with E-state index in [9.17, 15) is 0 Å². The molecule has 3 nitrogen and oxygen atoms in total. The van der Waals surface area contributed by atoms with Crippen molar-refractivity contribution < 1.29 is 9.47 Å². The van der Waals surface area contributed by atoms with E-state index in [0.29, 0.717) is 12.3 Å². The van der Waals surface area contributed by atoms with Gasteiger partial charge in [-0.2, -0.15) is 0 Å². The molecule has 0 aliphatic rings. The smallest absolute Gasteiger partial charge is 0.126 e. The SMILES string of the molecule is [CH2]c1c(CN)cc(OC)cc1OC. The molecule has 2 N–H and O–H groups in total. The summed E-state index contributed by atoms with van der Waals surface area (Å²) in [5.74, 6) is 1.45. The number of hydrogen-bond acceptors (Lipinski definition) is 3. The van der Waals surface area contributed by atoms with Crippen LogP contribution in [0.4, 0.5) is 0 Å². The van der Waals surface area contributed by atoms with Crippen molar-refractivity contribution in [3.8, 4) is 11.5 Å². The molecule has 0 aromatic heterocycles. The average molecular weight is 180 g/mol. The number of ether oxygens (including phenoxy) is 2. The number of methoxy groups -OCH3 is 2. The first-order valence-electron chi connectivity index (χ1n) is 3.99. The van der Waals surface area contributed by atoms with Crippen molar-refractivity contribution >= 4 is 0 Å². The Labute approximate surface area is 78.5 Å². The Morgan fingerprint density at radius 1 is 1.31 bits per heavy atom. The van der Waals surface area contributed by atoms with Gasteiger partial charge in [-0.05, 0) is 24.1 Å². The molecular formula is C10H14NO2. The Hall–Kier alpha value is -1.22. The summed E-state index contributed by atoms with van der Waals surface area (Å²) < 4.78 is 10.2. The second-order valence-electron chi connectivity index (χ2n) is 2.67. The molecule has 0 aliphatic heterocycles. The fraction of sp³-hybridized carbons (Fsp3) is 0.300. The standard InChI is InChI=1S/C10H14NO2/c1-7-8(6-11)4-9(12-2)5-10(7)13-3/h4-5H,1,6,11H2,2-3H3. The Morgan fingerprint density at radius 3 is 2.46 bits per heavy atom. The molecule has 0 saturated heterocycles. The lowest BCUT2D eigenvalue weighted by Crippen LogP contribution is -2.01. The van der Waals surface area contributed by atoms with Gasteiger partial charge >= 0.3 is 0 Å². The molecule has 0 amide bonds. The molecular weight excluding hydrogens is 166 g/mol. The van der Waals surface area contributed by atoms with E-state index < -0.39 is 0 Å². The van der Waals surface area contributed by atoms with Gasteiger partial charge in [-0.3, -0.25) is 0 Å². The molecule has 1 radical (unpaired) electrons. The maximum absolute atomic E-state index is 5.55. The van der Waals surface area contributed by atoms with Crippen molar-refractivity contribution in [1.82, 2.24) is 0 Å². The molecule has 1 aromatic carbocycles. The van der Waals surface area contributed by atoms with Crippen molar-refractivity contribution in [1.29, 1.82) is 0 Å². The minimum atomic E-state index is 0.437. The van der Waals surface area contributed by atoms with Crippen molar-refractivity contribution in [2.75, 3.05) is 14.2 Å². The summed E-state index contributed by atoms with van der Waals surface area (Å²) in [6.45, 7) is 4.31. The van der Waals surface area contributed by atoms with Gasteiger partial charge in [-0.15, -0.1) is 0 Å². The number of nitrogens with two attached hydrogens (primary N) is 1. The largest absolute Gasteiger partial charge is 0.497 e. The van der Waals surface area contributed by atoms with Crippen LogP contribution >= 0.6 is 0 Å². The van der Waals surface area contributed by atoms with E-state index in [1.54, 1.807) is 20.3 Å². The zero-order valence-corrected chi connectivity index (χ0v) is 7.96. The molecule has 71 valence electrons. The third-order valence-electron chi connectivity index (χ3n) is 1.95. The average Bonchev–Trinajstić information content (AvgIpc) is 2.18. The zero-order chi connectivity index (χ0) is 9.84. The quantitative estimate of drug-likeness (QED) is 0.763. The van der Waals surface area contributed by atoms with Gasteiger partial charge in [0.2, 0.25) is 0 Å². The Morgan fingerprint density at radius 2 is 2.00 bits per heavy atom. The first-order valence-corrected chi connectivity index (χ1v) is 3.99. The van der Waals surface area contributed by atoms with Crippen LogP contribution in [-0.2, 0) is 6.54 Å². The van der Waals surface area contributed by atoms with Gasteiger partial charge < -0.3 is 15.2 Å². The highest BCUT2D eigenvalue weighted by molar-refractivity contribution is 5.48. The molecule has 0 bridgehead atoms. The monoisotopic (exact) mass is 180 g/mol. The molecule has 0 fully saturated rings. The molecule has 1 rings (SSSR count). The van der Waals surface area contributed by atoms with Crippen LogP contribution in [0.2, 0.25) is 0 Å². The second kappa shape index (κ2) is 4.14. The Balaban J connectivity index is 3.20. The number of hydrogen-bond donors (Lipinski definition) is 1. The minimum absolute atomic E-state index is 0.437. The van der Waals surface area contributed by atoms with Gasteiger partial charge in [-0.25, -0.2) is 0 Å². The van der Waals surface area contributed by atoms with E-state index in [-0.39, 0.29) is 0 Å². The van der Waals surface area contributed by atoms with Crippen LogP contribution in [0.1, 0.15) is 11.1 Å². The topological polar surface area (TPSA) is 44.5 Å². The minimum Gasteiger partial charge on any atom is -0.497 e. The zero-order valence-electron chi connectivity index (χ0n) is 7.96. The van der Waals surface area contributed by atoms with Gasteiger partial charge in [0.1, 0.15) is 11.5 Å². The predicted octanol–water partition coefficient (Wildman–Crippen LogP) is 1.34. The van der Waals surface area contributed by atoms with Crippen LogP contribution in [0.15, 0.2) is 12.1 Å². The summed E-state index contributed by atoms with van der Waals surface area (Å²) in [6.07, 6.45) is 0. The lowest BCUT2D eigenvalue weighted by Gasteiger charge is -2.11. The van der Waals surface area contributed by atoms with Crippen LogP contribution in [0.5, 0.6) is 11.5 Å². The molecule has 0 spiro atoms. The van der Waals surface area contributed by atoms with Gasteiger partial charge in [0, 0.05) is 12.6 Å². The Kier molecular flexibility index (Phi) is 3.14. The Bertz CT molecular complexity index is 272. The number of benzene rings is 1. The molecule has 0 saturated carbocycles. The summed E-state index contributed by atoms with van der Waals surface area (Å²) >= 11 is 0. The van der Waals surface area contributed by atoms with Crippen molar-refractivity contribution in [2.24, 2.45) is 5.73 Å².